The highest BCUT2D eigenvalue weighted by molar-refractivity contribution is 5.84. The van der Waals surface area contributed by atoms with Crippen molar-refractivity contribution >= 4 is 5.91 Å². The van der Waals surface area contributed by atoms with Crippen molar-refractivity contribution in [1.29, 1.82) is 0 Å². The molecule has 0 radical (unpaired) electrons. The van der Waals surface area contributed by atoms with Crippen molar-refractivity contribution in [3.8, 4) is 0 Å². The molecule has 1 fully saturated rings. The molecule has 1 aliphatic heterocycles. The van der Waals surface area contributed by atoms with Crippen molar-refractivity contribution in [1.82, 2.24) is 14.8 Å². The van der Waals surface area contributed by atoms with Gasteiger partial charge in [-0.15, -0.1) is 0 Å². The zero-order chi connectivity index (χ0) is 15.5. The molecule has 0 N–H and O–H groups in total. The molecule has 0 spiro atoms. The predicted molar refractivity (Wildman–Crippen MR) is 67.0 cm³/mol. The van der Waals surface area contributed by atoms with Crippen molar-refractivity contribution in [3.63, 3.8) is 0 Å². The van der Waals surface area contributed by atoms with Crippen molar-refractivity contribution in [3.05, 3.63) is 30.1 Å². The number of rotatable bonds is 4. The summed E-state index contributed by atoms with van der Waals surface area (Å²) in [7, 11) is 0. The van der Waals surface area contributed by atoms with Crippen LogP contribution in [0, 0.1) is 0 Å². The first kappa shape index (κ1) is 15.7. The summed E-state index contributed by atoms with van der Waals surface area (Å²) in [6, 6.07) is 3.67. The van der Waals surface area contributed by atoms with Gasteiger partial charge in [0.2, 0.25) is 0 Å². The van der Waals surface area contributed by atoms with Crippen molar-refractivity contribution in [2.75, 3.05) is 26.2 Å². The summed E-state index contributed by atoms with van der Waals surface area (Å²) in [5, 5.41) is 0. The molecule has 2 heterocycles. The molecule has 0 aliphatic carbocycles. The van der Waals surface area contributed by atoms with Gasteiger partial charge >= 0.3 is 12.3 Å². The number of carbonyl (C=O) groups excluding carboxylic acids is 1. The summed E-state index contributed by atoms with van der Waals surface area (Å²) in [4.78, 5) is 18.1. The average Bonchev–Trinajstić information content (AvgIpc) is 2.48. The summed E-state index contributed by atoms with van der Waals surface area (Å²) in [5.41, 5.74) is 0.968. The van der Waals surface area contributed by atoms with E-state index in [1.807, 2.05) is 11.0 Å². The van der Waals surface area contributed by atoms with E-state index in [1.54, 1.807) is 18.5 Å². The fraction of sp³-hybridized carbons (Fsp3) is 0.538. The third-order valence-electron chi connectivity index (χ3n) is 3.35. The molecular weight excluding hydrogens is 290 g/mol. The Kier molecular flexibility index (Phi) is 4.76. The van der Waals surface area contributed by atoms with Crippen molar-refractivity contribution in [2.45, 2.75) is 18.9 Å². The maximum absolute atomic E-state index is 13.0. The second-order valence-corrected chi connectivity index (χ2v) is 4.85. The van der Waals surface area contributed by atoms with E-state index in [0.29, 0.717) is 19.6 Å². The highest BCUT2D eigenvalue weighted by Crippen LogP contribution is 2.26. The van der Waals surface area contributed by atoms with Crippen LogP contribution in [0.2, 0.25) is 0 Å². The second-order valence-electron chi connectivity index (χ2n) is 4.85. The summed E-state index contributed by atoms with van der Waals surface area (Å²) in [6.07, 6.45) is -0.631. The SMILES string of the molecule is O=C(N1CCN(Cc2cccnc2)CC1)C(F)(F)C(F)F. The Morgan fingerprint density at radius 3 is 2.48 bits per heavy atom. The van der Waals surface area contributed by atoms with E-state index in [4.69, 9.17) is 0 Å². The van der Waals surface area contributed by atoms with Crippen LogP contribution in [0.4, 0.5) is 17.6 Å². The van der Waals surface area contributed by atoms with Crippen LogP contribution < -0.4 is 0 Å². The van der Waals surface area contributed by atoms with E-state index in [9.17, 15) is 22.4 Å². The minimum atomic E-state index is -4.61. The van der Waals surface area contributed by atoms with Gasteiger partial charge in [-0.05, 0) is 11.6 Å². The molecule has 116 valence electrons. The van der Waals surface area contributed by atoms with Crippen LogP contribution in [0.15, 0.2) is 24.5 Å². The minimum absolute atomic E-state index is 0.0153. The molecule has 0 saturated carbocycles. The van der Waals surface area contributed by atoms with Gasteiger partial charge in [-0.1, -0.05) is 6.07 Å². The average molecular weight is 305 g/mol. The Morgan fingerprint density at radius 2 is 1.95 bits per heavy atom. The maximum atomic E-state index is 13.0. The van der Waals surface area contributed by atoms with Crippen molar-refractivity contribution in [2.24, 2.45) is 0 Å². The normalized spacial score (nSPS) is 17.3. The molecule has 2 rings (SSSR count). The maximum Gasteiger partial charge on any atom is 0.383 e. The number of alkyl halides is 4. The molecule has 4 nitrogen and oxygen atoms in total. The number of hydrogen-bond acceptors (Lipinski definition) is 3. The topological polar surface area (TPSA) is 36.4 Å². The number of aromatic nitrogens is 1. The van der Waals surface area contributed by atoms with Crippen LogP contribution in [-0.2, 0) is 11.3 Å². The Labute approximate surface area is 119 Å². The first-order chi connectivity index (χ1) is 9.91. The first-order valence-corrected chi connectivity index (χ1v) is 6.48. The largest absolute Gasteiger partial charge is 0.383 e. The first-order valence-electron chi connectivity index (χ1n) is 6.48. The molecule has 0 bridgehead atoms. The molecule has 8 heteroatoms. The van der Waals surface area contributed by atoms with E-state index in [2.05, 4.69) is 4.98 Å². The fourth-order valence-electron chi connectivity index (χ4n) is 2.16. The molecule has 1 amide bonds. The monoisotopic (exact) mass is 305 g/mol. The third kappa shape index (κ3) is 3.69. The summed E-state index contributed by atoms with van der Waals surface area (Å²) >= 11 is 0. The van der Waals surface area contributed by atoms with E-state index in [0.717, 1.165) is 10.5 Å². The third-order valence-corrected chi connectivity index (χ3v) is 3.35. The molecule has 1 saturated heterocycles. The molecule has 1 aromatic heterocycles. The van der Waals surface area contributed by atoms with Gasteiger partial charge in [0.25, 0.3) is 5.91 Å². The van der Waals surface area contributed by atoms with Gasteiger partial charge in [-0.3, -0.25) is 14.7 Å². The predicted octanol–water partition coefficient (Wildman–Crippen LogP) is 1.63. The van der Waals surface area contributed by atoms with E-state index in [-0.39, 0.29) is 13.1 Å². The van der Waals surface area contributed by atoms with E-state index in [1.165, 1.54) is 0 Å². The van der Waals surface area contributed by atoms with E-state index >= 15 is 0 Å². The number of halogens is 4. The molecule has 0 aromatic carbocycles. The Bertz CT molecular complexity index is 476. The lowest BCUT2D eigenvalue weighted by Gasteiger charge is -2.36. The zero-order valence-corrected chi connectivity index (χ0v) is 11.2. The number of hydrogen-bond donors (Lipinski definition) is 0. The number of pyridine rings is 1. The zero-order valence-electron chi connectivity index (χ0n) is 11.2. The molecule has 0 unspecified atom stereocenters. The molecule has 0 atom stereocenters. The standard InChI is InChI=1S/C13H15F4N3O/c14-11(15)13(16,17)12(21)20-6-4-19(5-7-20)9-10-2-1-3-18-8-10/h1-3,8,11H,4-7,9H2. The summed E-state index contributed by atoms with van der Waals surface area (Å²) in [5.74, 6) is -6.40. The summed E-state index contributed by atoms with van der Waals surface area (Å²) < 4.78 is 50.3. The number of nitrogens with zero attached hydrogens (tertiary/aromatic N) is 3. The second kappa shape index (κ2) is 6.38. The quantitative estimate of drug-likeness (QED) is 0.793. The van der Waals surface area contributed by atoms with Crippen LogP contribution in [0.3, 0.4) is 0 Å². The van der Waals surface area contributed by atoms with Gasteiger partial charge in [0.1, 0.15) is 0 Å². The Balaban J connectivity index is 1.87. The number of amides is 1. The van der Waals surface area contributed by atoms with Crippen molar-refractivity contribution < 1.29 is 22.4 Å². The van der Waals surface area contributed by atoms with Crippen LogP contribution in [0.25, 0.3) is 0 Å². The van der Waals surface area contributed by atoms with Crippen LogP contribution in [0.5, 0.6) is 0 Å². The number of carbonyl (C=O) groups is 1. The molecule has 21 heavy (non-hydrogen) atoms. The van der Waals surface area contributed by atoms with Gasteiger partial charge in [0, 0.05) is 45.1 Å². The van der Waals surface area contributed by atoms with Crippen LogP contribution in [-0.4, -0.2) is 59.2 Å². The lowest BCUT2D eigenvalue weighted by atomic mass is 10.2. The highest BCUT2D eigenvalue weighted by Gasteiger charge is 2.51. The lowest BCUT2D eigenvalue weighted by molar-refractivity contribution is -0.182. The number of piperazine rings is 1. The fourth-order valence-corrected chi connectivity index (χ4v) is 2.16. The molecular formula is C13H15F4N3O. The summed E-state index contributed by atoms with van der Waals surface area (Å²) in [6.45, 7) is 1.34. The molecule has 1 aliphatic rings. The van der Waals surface area contributed by atoms with Gasteiger partial charge < -0.3 is 4.90 Å². The van der Waals surface area contributed by atoms with Gasteiger partial charge in [0.05, 0.1) is 0 Å². The lowest BCUT2D eigenvalue weighted by Crippen LogP contribution is -2.54. The van der Waals surface area contributed by atoms with Gasteiger partial charge in [-0.25, -0.2) is 8.78 Å². The van der Waals surface area contributed by atoms with E-state index < -0.39 is 18.3 Å². The van der Waals surface area contributed by atoms with Crippen LogP contribution in [0.1, 0.15) is 5.56 Å². The molecule has 1 aromatic rings. The van der Waals surface area contributed by atoms with Gasteiger partial charge in [0.15, 0.2) is 0 Å². The highest BCUT2D eigenvalue weighted by atomic mass is 19.3. The Morgan fingerprint density at radius 1 is 1.29 bits per heavy atom. The smallest absolute Gasteiger partial charge is 0.335 e. The van der Waals surface area contributed by atoms with Gasteiger partial charge in [-0.2, -0.15) is 8.78 Å². The minimum Gasteiger partial charge on any atom is -0.335 e. The Hall–Kier alpha value is -1.70. The van der Waals surface area contributed by atoms with Crippen LogP contribution >= 0.6 is 0 Å².